The average Bonchev–Trinajstić information content (AvgIpc) is 2.41. The van der Waals surface area contributed by atoms with Crippen LogP contribution in [0.5, 0.6) is 0 Å². The summed E-state index contributed by atoms with van der Waals surface area (Å²) in [5, 5.41) is 11.8. The Hall–Kier alpha value is -2.40. The summed E-state index contributed by atoms with van der Waals surface area (Å²) in [7, 11) is 0. The van der Waals surface area contributed by atoms with Crippen molar-refractivity contribution in [2.45, 2.75) is 13.3 Å². The fraction of sp³-hybridized carbons (Fsp3) is 0.133. The van der Waals surface area contributed by atoms with Gasteiger partial charge in [-0.3, -0.25) is 9.78 Å². The summed E-state index contributed by atoms with van der Waals surface area (Å²) in [6, 6.07) is 8.19. The molecule has 0 fully saturated rings. The van der Waals surface area contributed by atoms with Crippen molar-refractivity contribution in [2.24, 2.45) is 0 Å². The summed E-state index contributed by atoms with van der Waals surface area (Å²) in [6.07, 6.45) is 1.68. The molecule has 1 amide bonds. The molecular formula is C15H13ClN2O3. The van der Waals surface area contributed by atoms with Gasteiger partial charge in [0.05, 0.1) is 22.8 Å². The van der Waals surface area contributed by atoms with Gasteiger partial charge in [0.25, 0.3) is 0 Å². The first-order valence-electron chi connectivity index (χ1n) is 6.21. The number of aromatic carboxylic acids is 1. The van der Waals surface area contributed by atoms with Gasteiger partial charge in [0.15, 0.2) is 0 Å². The Kier molecular flexibility index (Phi) is 4.55. The number of benzene rings is 1. The third kappa shape index (κ3) is 3.58. The van der Waals surface area contributed by atoms with Crippen LogP contribution in [0.25, 0.3) is 0 Å². The van der Waals surface area contributed by atoms with Gasteiger partial charge in [-0.1, -0.05) is 23.7 Å². The van der Waals surface area contributed by atoms with Crippen LogP contribution in [-0.4, -0.2) is 22.0 Å². The standard InChI is InChI=1S/C15H13ClN2O3/c1-9-4-3-7-17-12(9)8-13(19)18-11-6-2-5-10(16)14(11)15(20)21/h2-7H,8H2,1H3,(H,18,19)(H,20,21). The second-order valence-electron chi connectivity index (χ2n) is 4.46. The summed E-state index contributed by atoms with van der Waals surface area (Å²) in [5.74, 6) is -1.54. The number of carboxylic acid groups (broad SMARTS) is 1. The second-order valence-corrected chi connectivity index (χ2v) is 4.87. The number of nitrogens with one attached hydrogen (secondary N) is 1. The van der Waals surface area contributed by atoms with Crippen LogP contribution in [0, 0.1) is 6.92 Å². The quantitative estimate of drug-likeness (QED) is 0.910. The van der Waals surface area contributed by atoms with Crippen LogP contribution in [0.2, 0.25) is 5.02 Å². The number of aryl methyl sites for hydroxylation is 1. The smallest absolute Gasteiger partial charge is 0.339 e. The molecule has 1 aromatic heterocycles. The Morgan fingerprint density at radius 3 is 2.71 bits per heavy atom. The summed E-state index contributed by atoms with van der Waals surface area (Å²) in [5.41, 5.74) is 1.60. The van der Waals surface area contributed by atoms with Crippen molar-refractivity contribution in [3.05, 3.63) is 58.4 Å². The molecule has 108 valence electrons. The van der Waals surface area contributed by atoms with Gasteiger partial charge in [0.1, 0.15) is 5.56 Å². The lowest BCUT2D eigenvalue weighted by Crippen LogP contribution is -2.18. The van der Waals surface area contributed by atoms with E-state index in [2.05, 4.69) is 10.3 Å². The van der Waals surface area contributed by atoms with Crippen LogP contribution in [0.4, 0.5) is 5.69 Å². The van der Waals surface area contributed by atoms with Gasteiger partial charge in [0, 0.05) is 6.20 Å². The van der Waals surface area contributed by atoms with E-state index in [0.29, 0.717) is 5.69 Å². The molecule has 1 aromatic carbocycles. The molecule has 0 bridgehead atoms. The lowest BCUT2D eigenvalue weighted by Gasteiger charge is -2.10. The SMILES string of the molecule is Cc1cccnc1CC(=O)Nc1cccc(Cl)c1C(=O)O. The first kappa shape index (κ1) is 15.0. The maximum absolute atomic E-state index is 12.0. The van der Waals surface area contributed by atoms with Gasteiger partial charge in [-0.25, -0.2) is 4.79 Å². The number of nitrogens with zero attached hydrogens (tertiary/aromatic N) is 1. The molecule has 0 saturated heterocycles. The Morgan fingerprint density at radius 1 is 1.29 bits per heavy atom. The number of pyridine rings is 1. The molecule has 0 aliphatic heterocycles. The van der Waals surface area contributed by atoms with E-state index in [4.69, 9.17) is 16.7 Å². The Morgan fingerprint density at radius 2 is 2.05 bits per heavy atom. The Bertz CT molecular complexity index is 701. The molecule has 0 radical (unpaired) electrons. The van der Waals surface area contributed by atoms with Crippen LogP contribution < -0.4 is 5.32 Å². The first-order chi connectivity index (χ1) is 9.99. The van der Waals surface area contributed by atoms with Gasteiger partial charge in [-0.2, -0.15) is 0 Å². The number of hydrogen-bond donors (Lipinski definition) is 2. The van der Waals surface area contributed by atoms with Crippen LogP contribution in [-0.2, 0) is 11.2 Å². The Balaban J connectivity index is 2.19. The molecule has 2 rings (SSSR count). The molecule has 1 heterocycles. The van der Waals surface area contributed by atoms with E-state index in [9.17, 15) is 9.59 Å². The van der Waals surface area contributed by atoms with Gasteiger partial charge in [0.2, 0.25) is 5.91 Å². The van der Waals surface area contributed by atoms with Crippen molar-refractivity contribution >= 4 is 29.2 Å². The summed E-state index contributed by atoms with van der Waals surface area (Å²) < 4.78 is 0. The van der Waals surface area contributed by atoms with E-state index >= 15 is 0 Å². The van der Waals surface area contributed by atoms with Gasteiger partial charge in [-0.15, -0.1) is 0 Å². The van der Waals surface area contributed by atoms with Crippen molar-refractivity contribution in [2.75, 3.05) is 5.32 Å². The largest absolute Gasteiger partial charge is 0.478 e. The molecule has 6 heteroatoms. The number of rotatable bonds is 4. The molecular weight excluding hydrogens is 292 g/mol. The van der Waals surface area contributed by atoms with Crippen molar-refractivity contribution in [3.63, 3.8) is 0 Å². The van der Waals surface area contributed by atoms with Crippen LogP contribution >= 0.6 is 11.6 Å². The normalized spacial score (nSPS) is 10.2. The number of carbonyl (C=O) groups excluding carboxylic acids is 1. The predicted molar refractivity (Wildman–Crippen MR) is 79.7 cm³/mol. The molecule has 0 aliphatic rings. The van der Waals surface area contributed by atoms with E-state index < -0.39 is 5.97 Å². The topological polar surface area (TPSA) is 79.3 Å². The fourth-order valence-electron chi connectivity index (χ4n) is 1.90. The highest BCUT2D eigenvalue weighted by Crippen LogP contribution is 2.24. The number of carboxylic acids is 1. The predicted octanol–water partition coefficient (Wildman–Crippen LogP) is 2.92. The fourth-order valence-corrected chi connectivity index (χ4v) is 2.15. The molecule has 0 unspecified atom stereocenters. The van der Waals surface area contributed by atoms with Crippen LogP contribution in [0.3, 0.4) is 0 Å². The van der Waals surface area contributed by atoms with Crippen LogP contribution in [0.15, 0.2) is 36.5 Å². The number of aromatic nitrogens is 1. The zero-order valence-corrected chi connectivity index (χ0v) is 12.0. The van der Waals surface area contributed by atoms with Gasteiger partial charge < -0.3 is 10.4 Å². The zero-order chi connectivity index (χ0) is 15.4. The second kappa shape index (κ2) is 6.37. The molecule has 0 aliphatic carbocycles. The molecule has 0 atom stereocenters. The summed E-state index contributed by atoms with van der Waals surface area (Å²) >= 11 is 5.85. The number of anilines is 1. The highest BCUT2D eigenvalue weighted by atomic mass is 35.5. The number of halogens is 1. The van der Waals surface area contributed by atoms with Crippen molar-refractivity contribution in [1.82, 2.24) is 4.98 Å². The molecule has 2 aromatic rings. The molecule has 2 N–H and O–H groups in total. The van der Waals surface area contributed by atoms with Gasteiger partial charge in [-0.05, 0) is 30.7 Å². The minimum Gasteiger partial charge on any atom is -0.478 e. The molecule has 5 nitrogen and oxygen atoms in total. The van der Waals surface area contributed by atoms with Crippen molar-refractivity contribution < 1.29 is 14.7 Å². The van der Waals surface area contributed by atoms with E-state index in [0.717, 1.165) is 5.56 Å². The van der Waals surface area contributed by atoms with Crippen molar-refractivity contribution in [3.8, 4) is 0 Å². The van der Waals surface area contributed by atoms with Crippen LogP contribution in [0.1, 0.15) is 21.6 Å². The zero-order valence-electron chi connectivity index (χ0n) is 11.3. The number of amides is 1. The minimum atomic E-state index is -1.19. The lowest BCUT2D eigenvalue weighted by molar-refractivity contribution is -0.115. The first-order valence-corrected chi connectivity index (χ1v) is 6.59. The summed E-state index contributed by atoms with van der Waals surface area (Å²) in [6.45, 7) is 1.86. The van der Waals surface area contributed by atoms with Gasteiger partial charge >= 0.3 is 5.97 Å². The summed E-state index contributed by atoms with van der Waals surface area (Å²) in [4.78, 5) is 27.4. The highest BCUT2D eigenvalue weighted by molar-refractivity contribution is 6.34. The highest BCUT2D eigenvalue weighted by Gasteiger charge is 2.16. The van der Waals surface area contributed by atoms with E-state index in [1.165, 1.54) is 12.1 Å². The molecule has 0 saturated carbocycles. The lowest BCUT2D eigenvalue weighted by atomic mass is 10.1. The average molecular weight is 305 g/mol. The number of carbonyl (C=O) groups is 2. The van der Waals surface area contributed by atoms with E-state index in [1.54, 1.807) is 18.3 Å². The van der Waals surface area contributed by atoms with Crippen molar-refractivity contribution in [1.29, 1.82) is 0 Å². The molecule has 21 heavy (non-hydrogen) atoms. The monoisotopic (exact) mass is 304 g/mol. The van der Waals surface area contributed by atoms with E-state index in [1.807, 2.05) is 13.0 Å². The minimum absolute atomic E-state index is 0.0677. The van der Waals surface area contributed by atoms with E-state index in [-0.39, 0.29) is 28.6 Å². The third-order valence-electron chi connectivity index (χ3n) is 2.95. The third-order valence-corrected chi connectivity index (χ3v) is 3.26. The maximum atomic E-state index is 12.0. The maximum Gasteiger partial charge on any atom is 0.339 e. The Labute approximate surface area is 126 Å². The molecule has 0 spiro atoms. The number of hydrogen-bond acceptors (Lipinski definition) is 3.